The topological polar surface area (TPSA) is 805 Å². The number of allylic oxidation sites excluding steroid dienone is 7. The Bertz CT molecular complexity index is 5480. The number of ether oxygens (including phenoxy) is 1. The fourth-order valence-corrected chi connectivity index (χ4v) is 18.8. The summed E-state index contributed by atoms with van der Waals surface area (Å²) in [7, 11) is -12.0. The number of likely N-dealkylation sites (N-methyl/N-ethyl adjacent to an activating group) is 1. The highest BCUT2D eigenvalue weighted by molar-refractivity contribution is 8.00. The maximum atomic E-state index is 14.7. The van der Waals surface area contributed by atoms with Crippen molar-refractivity contribution in [2.24, 2.45) is 39.4 Å². The number of hydrogen-bond donors (Lipinski definition) is 26. The van der Waals surface area contributed by atoms with Crippen LogP contribution >= 0.6 is 11.8 Å². The Morgan fingerprint density at radius 2 is 1.08 bits per heavy atom. The summed E-state index contributed by atoms with van der Waals surface area (Å²) in [6, 6.07) is 5.88. The largest absolute Gasteiger partial charge is 0.768 e. The molecule has 0 radical (unpaired) electrons. The molecule has 8 atom stereocenters. The average Bonchev–Trinajstić information content (AvgIpc) is 1.58. The van der Waals surface area contributed by atoms with Crippen molar-refractivity contribution in [3.05, 3.63) is 124 Å². The molecule has 768 valence electrons. The fraction of sp³-hybridized carbons (Fsp3) is 0.529. The van der Waals surface area contributed by atoms with Gasteiger partial charge in [-0.25, -0.2) is 0 Å². The number of aryl methyl sites for hydroxylation is 1. The standard InChI is InChI=1S/C87H134N26O21S5/c1-52-26-31-56(136(123)124)48-59(52)86(2,3)69(100-38-9-11-47-137(125,126)127)36-27-53-18-12-19-54(73(53)134-55-29-32-57(33-30-55)138(128,129)130)28-37-70-87(4,5)60-49-58(139(131,132)133)34-35-67(60)112(70)45-10-7-8-25-71(114)101-44-46-113-72(115)50-68(80(113)122)135-51-66(74(88)116)111-79(121)65(24-17-43-106-85(97)98)110-78(120)64(23-16-42-105-84(95)96)109-77(119)63(22-15-41-104-83(93)94)108-76(118)62(21-14-40-103-82(91)92)107-75(117)61(99-6)20-13-39-102-81(89)90/h26-37,48-49,61-66,68,99H,7-25,38-47,50-51H2,1-6H3,(H2,88,116)(H,101,114)(H,107,117)(H,108,118)(H,109,119)(H,110,120)(H,111,121)(H,123,124)(H4,89,90,102)(H4,91,92,103)(H4,93,94,104)(H4,95,96,105)(H4,97,98,106)(H,125,126,127)(H,128,129,130)(H,131,132,133)/p-1/b36-27+,54-28+,70-37+,100-69?/t61-,62-,63-,64-,65-,66-,68?/m1/s1. The number of thioether (sulfide) groups is 1. The molecule has 139 heavy (non-hydrogen) atoms. The SMILES string of the molecule is CN[C@H](CCCNC(=N)N)C(=O)N[C@H](CCCNC(=N)N)C(=O)N[C@H](CCCNC(=N)N)C(=O)N[C@H](CCCNC(=N)N)C(=O)N[C@H](CCCNC(=N)N)C(=O)N[C@H](CSC1CC(=O)N(CCNC(=O)CCCCCN2/C(=C/C=C3\CCCC(/C=C/C(=NCCCCS(=O)(=O)O)C(C)(C)c4cc(S(=O)[O-])ccc4C)=C3Oc3ccc(S(=O)(=O)O)cc3)C(C)(C)c3cc(S(=O)(=O)O)ccc32)C1=O)C(N)=O. The minimum absolute atomic E-state index is 0.00241. The molecule has 0 aromatic heterocycles. The lowest BCUT2D eigenvalue weighted by Crippen LogP contribution is -2.59. The number of nitrogens with one attached hydrogen (secondary N) is 17. The van der Waals surface area contributed by atoms with Crippen LogP contribution < -0.4 is 108 Å². The van der Waals surface area contributed by atoms with Gasteiger partial charge in [0, 0.05) is 110 Å². The van der Waals surface area contributed by atoms with Gasteiger partial charge in [-0.15, -0.1) is 11.8 Å². The summed E-state index contributed by atoms with van der Waals surface area (Å²) in [5.74, 6) is -9.25. The first kappa shape index (κ1) is 116. The second-order valence-corrected chi connectivity index (χ2v) is 41.0. The molecule has 3 aromatic rings. The second kappa shape index (κ2) is 55.0. The normalized spacial score (nSPS) is 16.6. The van der Waals surface area contributed by atoms with E-state index >= 15 is 0 Å². The number of rotatable bonds is 59. The van der Waals surface area contributed by atoms with Gasteiger partial charge < -0.3 is 112 Å². The predicted octanol–water partition coefficient (Wildman–Crippen LogP) is 0.145. The number of amides is 9. The van der Waals surface area contributed by atoms with Gasteiger partial charge in [-0.1, -0.05) is 52.3 Å². The molecule has 0 saturated carbocycles. The summed E-state index contributed by atoms with van der Waals surface area (Å²) >= 11 is -1.76. The molecule has 6 rings (SSSR count). The third kappa shape index (κ3) is 38.2. The van der Waals surface area contributed by atoms with Crippen molar-refractivity contribution in [1.29, 1.82) is 27.0 Å². The number of likely N-dealkylation sites (tertiary alicyclic amines) is 1. The van der Waals surface area contributed by atoms with E-state index in [1.807, 2.05) is 51.7 Å². The molecule has 1 fully saturated rings. The summed E-state index contributed by atoms with van der Waals surface area (Å²) in [6.07, 6.45) is 10.5. The van der Waals surface area contributed by atoms with E-state index in [1.54, 1.807) is 30.4 Å². The monoisotopic (exact) mass is 2040 g/mol. The summed E-state index contributed by atoms with van der Waals surface area (Å²) in [4.78, 5) is 133. The molecule has 1 aliphatic carbocycles. The number of anilines is 1. The Morgan fingerprint density at radius 3 is 1.55 bits per heavy atom. The number of primary amides is 1. The number of unbranched alkanes of at least 4 members (excludes halogenated alkanes) is 3. The van der Waals surface area contributed by atoms with Crippen LogP contribution in [0, 0.1) is 34.0 Å². The van der Waals surface area contributed by atoms with Crippen LogP contribution in [0.3, 0.4) is 0 Å². The van der Waals surface area contributed by atoms with Gasteiger partial charge in [-0.3, -0.25) is 98.0 Å². The molecule has 1 saturated heterocycles. The van der Waals surface area contributed by atoms with Gasteiger partial charge in [0.15, 0.2) is 29.8 Å². The smallest absolute Gasteiger partial charge is 0.294 e. The number of nitrogens with zero attached hydrogens (tertiary/aromatic N) is 3. The van der Waals surface area contributed by atoms with Crippen LogP contribution in [0.4, 0.5) is 5.69 Å². The summed E-state index contributed by atoms with van der Waals surface area (Å²) < 4.78 is 134. The Labute approximate surface area is 815 Å². The molecule has 9 amide bonds. The van der Waals surface area contributed by atoms with Crippen LogP contribution in [-0.4, -0.2) is 260 Å². The van der Waals surface area contributed by atoms with Crippen molar-refractivity contribution in [3.8, 4) is 5.75 Å². The Kier molecular flexibility index (Phi) is 45.7. The number of nitrogens with two attached hydrogens (primary N) is 6. The zero-order valence-corrected chi connectivity index (χ0v) is 82.7. The molecular formula is C87H133N26O21S5-. The van der Waals surface area contributed by atoms with Crippen LogP contribution in [0.2, 0.25) is 0 Å². The maximum Gasteiger partial charge on any atom is 0.294 e. The minimum Gasteiger partial charge on any atom is -0.768 e. The third-order valence-electron chi connectivity index (χ3n) is 23.1. The van der Waals surface area contributed by atoms with E-state index < -0.39 is 175 Å². The van der Waals surface area contributed by atoms with Crippen LogP contribution in [0.5, 0.6) is 5.75 Å². The van der Waals surface area contributed by atoms with E-state index in [9.17, 15) is 90.8 Å². The Balaban J connectivity index is 1.16. The van der Waals surface area contributed by atoms with E-state index in [1.165, 1.54) is 49.5 Å². The predicted molar refractivity (Wildman–Crippen MR) is 526 cm³/mol. The highest BCUT2D eigenvalue weighted by atomic mass is 32.2. The molecule has 52 heteroatoms. The van der Waals surface area contributed by atoms with Gasteiger partial charge in [-0.2, -0.15) is 25.3 Å². The summed E-state index contributed by atoms with van der Waals surface area (Å²) in [5, 5.41) is 68.9. The summed E-state index contributed by atoms with van der Waals surface area (Å²) in [6.45, 7) is 9.78. The van der Waals surface area contributed by atoms with Crippen LogP contribution in [-0.2, 0) is 95.4 Å². The Hall–Kier alpha value is -12.2. The van der Waals surface area contributed by atoms with Crippen molar-refractivity contribution in [2.45, 2.75) is 230 Å². The first-order chi connectivity index (χ1) is 65.3. The number of hydrogen-bond acceptors (Lipinski definition) is 27. The number of carbonyl (C=O) groups is 9. The van der Waals surface area contributed by atoms with Crippen molar-refractivity contribution in [2.75, 3.05) is 82.4 Å². The first-order valence-electron chi connectivity index (χ1n) is 45.1. The molecular weight excluding hydrogens is 1910 g/mol. The molecule has 3 aromatic carbocycles. The van der Waals surface area contributed by atoms with Crippen molar-refractivity contribution in [1.82, 2.24) is 68.7 Å². The van der Waals surface area contributed by atoms with E-state index in [4.69, 9.17) is 71.2 Å². The molecule has 3 aliphatic rings. The molecule has 0 bridgehead atoms. The van der Waals surface area contributed by atoms with Crippen LogP contribution in [0.15, 0.2) is 127 Å². The van der Waals surface area contributed by atoms with Crippen molar-refractivity contribution >= 4 is 148 Å². The average molecular weight is 2040 g/mol. The van der Waals surface area contributed by atoms with E-state index in [0.717, 1.165) is 22.2 Å². The summed E-state index contributed by atoms with van der Waals surface area (Å²) in [5.41, 5.74) is 36.5. The molecule has 32 N–H and O–H groups in total. The lowest BCUT2D eigenvalue weighted by molar-refractivity contribution is -0.138. The first-order valence-corrected chi connectivity index (χ1v) is 51.7. The molecule has 2 aliphatic heterocycles. The van der Waals surface area contributed by atoms with Gasteiger partial charge in [-0.05, 0) is 229 Å². The van der Waals surface area contributed by atoms with E-state index in [0.29, 0.717) is 96.6 Å². The zero-order chi connectivity index (χ0) is 103. The van der Waals surface area contributed by atoms with Gasteiger partial charge >= 0.3 is 0 Å². The number of guanidine groups is 5. The van der Waals surface area contributed by atoms with Gasteiger partial charge in [0.05, 0.1) is 26.8 Å². The number of benzene rings is 3. The highest BCUT2D eigenvalue weighted by Crippen LogP contribution is 2.49. The molecule has 0 spiro atoms. The second-order valence-electron chi connectivity index (χ2n) is 34.4. The van der Waals surface area contributed by atoms with Crippen LogP contribution in [0.1, 0.15) is 173 Å². The lowest BCUT2D eigenvalue weighted by Gasteiger charge is -2.29. The van der Waals surface area contributed by atoms with Gasteiger partial charge in [0.2, 0.25) is 53.2 Å². The van der Waals surface area contributed by atoms with E-state index in [2.05, 4.69) is 63.8 Å². The number of aliphatic imine (C=N–C) groups is 1. The van der Waals surface area contributed by atoms with Crippen LogP contribution in [0.25, 0.3) is 0 Å². The van der Waals surface area contributed by atoms with Crippen molar-refractivity contribution in [3.63, 3.8) is 0 Å². The highest BCUT2D eigenvalue weighted by Gasteiger charge is 2.43. The fourth-order valence-electron chi connectivity index (χ4n) is 15.7. The Morgan fingerprint density at radius 1 is 0.597 bits per heavy atom. The van der Waals surface area contributed by atoms with E-state index in [-0.39, 0.29) is 169 Å². The van der Waals surface area contributed by atoms with Gasteiger partial charge in [0.1, 0.15) is 41.7 Å². The van der Waals surface area contributed by atoms with Crippen molar-refractivity contribution < 1.29 is 95.6 Å². The molecule has 2 unspecified atom stereocenters. The maximum absolute atomic E-state index is 14.7. The molecule has 2 heterocycles. The lowest BCUT2D eigenvalue weighted by atomic mass is 9.77. The quantitative estimate of drug-likeness (QED) is 0.00893. The minimum atomic E-state index is -4.69. The number of imide groups is 1. The number of carbonyl (C=O) groups excluding carboxylic acids is 9. The third-order valence-corrected chi connectivity index (χ3v) is 27.5. The van der Waals surface area contributed by atoms with Gasteiger partial charge in [0.25, 0.3) is 30.4 Å². The number of fused-ring (bicyclic) bond motifs is 1. The molecule has 47 nitrogen and oxygen atoms in total. The zero-order valence-electron chi connectivity index (χ0n) is 78.6.